The SMILES string of the molecule is O=C1C=CC(=O)N1CCCc1ccc[te]1. The molecule has 78 valence electrons. The van der Waals surface area contributed by atoms with Crippen LogP contribution in [0.25, 0.3) is 0 Å². The summed E-state index contributed by atoms with van der Waals surface area (Å²) in [6.45, 7) is 0.551. The molecule has 0 atom stereocenters. The third-order valence-corrected chi connectivity index (χ3v) is 4.96. The second kappa shape index (κ2) is 4.78. The van der Waals surface area contributed by atoms with Gasteiger partial charge in [-0.25, -0.2) is 0 Å². The molecule has 0 unspecified atom stereocenters. The summed E-state index contributed by atoms with van der Waals surface area (Å²) >= 11 is -0.0608. The molecule has 0 saturated carbocycles. The Morgan fingerprint density at radius 2 is 1.93 bits per heavy atom. The van der Waals surface area contributed by atoms with Crippen molar-refractivity contribution in [2.75, 3.05) is 6.54 Å². The summed E-state index contributed by atoms with van der Waals surface area (Å²) in [7, 11) is 0. The van der Waals surface area contributed by atoms with Crippen LogP contribution in [0.2, 0.25) is 0 Å². The first kappa shape index (κ1) is 10.7. The molecule has 2 amide bonds. The van der Waals surface area contributed by atoms with Crippen LogP contribution in [0.1, 0.15) is 10.0 Å². The van der Waals surface area contributed by atoms with E-state index in [1.54, 1.807) is 0 Å². The number of amides is 2. The summed E-state index contributed by atoms with van der Waals surface area (Å²) in [5, 5.41) is 0. The van der Waals surface area contributed by atoms with Crippen molar-refractivity contribution < 1.29 is 9.59 Å². The van der Waals surface area contributed by atoms with E-state index in [9.17, 15) is 9.59 Å². The van der Waals surface area contributed by atoms with E-state index in [0.29, 0.717) is 6.54 Å². The molecule has 2 heterocycles. The molecule has 0 aromatic carbocycles. The van der Waals surface area contributed by atoms with E-state index < -0.39 is 0 Å². The van der Waals surface area contributed by atoms with Crippen LogP contribution in [-0.4, -0.2) is 43.7 Å². The van der Waals surface area contributed by atoms with Gasteiger partial charge in [-0.15, -0.1) is 0 Å². The summed E-state index contributed by atoms with van der Waals surface area (Å²) in [5.74, 6) is -0.343. The van der Waals surface area contributed by atoms with E-state index >= 15 is 0 Å². The van der Waals surface area contributed by atoms with Crippen molar-refractivity contribution >= 4 is 32.2 Å². The Labute approximate surface area is 98.0 Å². The van der Waals surface area contributed by atoms with Crippen LogP contribution in [0, 0.1) is 0 Å². The molecular formula is C11H11NO2Te. The summed E-state index contributed by atoms with van der Waals surface area (Å²) in [6.07, 6.45) is 4.59. The first-order valence-corrected chi connectivity index (χ1v) is 7.34. The fourth-order valence-corrected chi connectivity index (χ4v) is 3.66. The Morgan fingerprint density at radius 3 is 2.53 bits per heavy atom. The van der Waals surface area contributed by atoms with Gasteiger partial charge in [0, 0.05) is 0 Å². The van der Waals surface area contributed by atoms with Crippen LogP contribution < -0.4 is 0 Å². The van der Waals surface area contributed by atoms with E-state index in [4.69, 9.17) is 0 Å². The molecule has 0 bridgehead atoms. The van der Waals surface area contributed by atoms with Crippen molar-refractivity contribution in [3.63, 3.8) is 0 Å². The molecule has 0 fully saturated rings. The Balaban J connectivity index is 1.79. The molecular weight excluding hydrogens is 306 g/mol. The van der Waals surface area contributed by atoms with Gasteiger partial charge in [-0.2, -0.15) is 0 Å². The number of carbonyl (C=O) groups excluding carboxylic acids is 2. The van der Waals surface area contributed by atoms with Crippen molar-refractivity contribution in [2.45, 2.75) is 12.8 Å². The number of aryl methyl sites for hydroxylation is 1. The van der Waals surface area contributed by atoms with Gasteiger partial charge < -0.3 is 0 Å². The predicted octanol–water partition coefficient (Wildman–Crippen LogP) is 0.601. The molecule has 0 saturated heterocycles. The number of imide groups is 1. The van der Waals surface area contributed by atoms with Crippen LogP contribution in [0.4, 0.5) is 0 Å². The summed E-state index contributed by atoms with van der Waals surface area (Å²) in [6, 6.07) is 4.26. The molecule has 1 aromatic heterocycles. The number of hydrogen-bond donors (Lipinski definition) is 0. The molecule has 0 N–H and O–H groups in total. The summed E-state index contributed by atoms with van der Waals surface area (Å²) in [5.41, 5.74) is 0. The molecule has 15 heavy (non-hydrogen) atoms. The maximum atomic E-state index is 11.2. The second-order valence-corrected chi connectivity index (χ2v) is 6.29. The quantitative estimate of drug-likeness (QED) is 0.603. The Bertz CT molecular complexity index is 377. The molecule has 0 radical (unpaired) electrons. The predicted molar refractivity (Wildman–Crippen MR) is 57.6 cm³/mol. The summed E-state index contributed by atoms with van der Waals surface area (Å²) in [4.78, 5) is 23.7. The topological polar surface area (TPSA) is 37.4 Å². The van der Waals surface area contributed by atoms with Crippen LogP contribution in [0.15, 0.2) is 28.4 Å². The van der Waals surface area contributed by atoms with E-state index in [1.165, 1.54) is 20.6 Å². The van der Waals surface area contributed by atoms with Crippen molar-refractivity contribution in [1.29, 1.82) is 0 Å². The Hall–Kier alpha value is -0.850. The zero-order chi connectivity index (χ0) is 10.7. The Morgan fingerprint density at radius 1 is 1.20 bits per heavy atom. The van der Waals surface area contributed by atoms with Gasteiger partial charge in [-0.3, -0.25) is 0 Å². The van der Waals surface area contributed by atoms with Gasteiger partial charge >= 0.3 is 98.1 Å². The molecule has 1 aliphatic rings. The normalized spacial score (nSPS) is 15.3. The first-order chi connectivity index (χ1) is 7.27. The third-order valence-electron chi connectivity index (χ3n) is 2.29. The van der Waals surface area contributed by atoms with Crippen molar-refractivity contribution in [3.8, 4) is 0 Å². The van der Waals surface area contributed by atoms with Crippen LogP contribution in [0.3, 0.4) is 0 Å². The van der Waals surface area contributed by atoms with Crippen LogP contribution in [0.5, 0.6) is 0 Å². The average Bonchev–Trinajstić information content (AvgIpc) is 2.82. The van der Waals surface area contributed by atoms with Crippen molar-refractivity contribution in [3.05, 3.63) is 31.9 Å². The molecule has 4 heteroatoms. The summed E-state index contributed by atoms with van der Waals surface area (Å²) < 4.78 is 3.75. The van der Waals surface area contributed by atoms with Crippen molar-refractivity contribution in [2.24, 2.45) is 0 Å². The van der Waals surface area contributed by atoms with Gasteiger partial charge in [0.2, 0.25) is 0 Å². The van der Waals surface area contributed by atoms with Crippen molar-refractivity contribution in [1.82, 2.24) is 4.90 Å². The molecule has 0 aliphatic carbocycles. The van der Waals surface area contributed by atoms with Crippen LogP contribution in [-0.2, 0) is 16.0 Å². The molecule has 0 spiro atoms. The zero-order valence-corrected chi connectivity index (χ0v) is 10.5. The third kappa shape index (κ3) is 2.58. The van der Waals surface area contributed by atoms with E-state index in [0.717, 1.165) is 12.8 Å². The van der Waals surface area contributed by atoms with Gasteiger partial charge in [0.1, 0.15) is 0 Å². The maximum absolute atomic E-state index is 11.2. The number of carbonyl (C=O) groups is 2. The van der Waals surface area contributed by atoms with Gasteiger partial charge in [-0.05, 0) is 0 Å². The Kier molecular flexibility index (Phi) is 3.40. The molecule has 1 aromatic rings. The minimum absolute atomic E-state index is 0.0608. The van der Waals surface area contributed by atoms with Gasteiger partial charge in [0.05, 0.1) is 0 Å². The minimum atomic E-state index is -0.171. The molecule has 3 nitrogen and oxygen atoms in total. The standard InChI is InChI=1S/C11H11NO2Te/c13-10-5-6-11(14)12(10)7-1-3-9-4-2-8-15-9/h2,4-6,8H,1,3,7H2. The van der Waals surface area contributed by atoms with E-state index in [2.05, 4.69) is 16.2 Å². The van der Waals surface area contributed by atoms with Gasteiger partial charge in [-0.1, -0.05) is 0 Å². The zero-order valence-electron chi connectivity index (χ0n) is 8.18. The molecule has 1 aliphatic heterocycles. The average molecular weight is 317 g/mol. The molecule has 2 rings (SSSR count). The fourth-order valence-electron chi connectivity index (χ4n) is 1.52. The fraction of sp³-hybridized carbons (Fsp3) is 0.273. The first-order valence-electron chi connectivity index (χ1n) is 4.83. The van der Waals surface area contributed by atoms with Gasteiger partial charge in [0.15, 0.2) is 0 Å². The van der Waals surface area contributed by atoms with E-state index in [1.807, 2.05) is 0 Å². The van der Waals surface area contributed by atoms with Gasteiger partial charge in [0.25, 0.3) is 0 Å². The number of nitrogens with zero attached hydrogens (tertiary/aromatic N) is 1. The second-order valence-electron chi connectivity index (χ2n) is 3.34. The van der Waals surface area contributed by atoms with Crippen LogP contribution >= 0.6 is 0 Å². The number of hydrogen-bond acceptors (Lipinski definition) is 2. The number of rotatable bonds is 4. The monoisotopic (exact) mass is 319 g/mol. The van der Waals surface area contributed by atoms with E-state index in [-0.39, 0.29) is 32.2 Å².